The highest BCUT2D eigenvalue weighted by molar-refractivity contribution is 7.10. The fourth-order valence-electron chi connectivity index (χ4n) is 0.840. The highest BCUT2D eigenvalue weighted by Gasteiger charge is 2.19. The number of hydrogen-bond donors (Lipinski definition) is 1. The smallest absolute Gasteiger partial charge is 0.258 e. The van der Waals surface area contributed by atoms with Crippen LogP contribution in [-0.2, 0) is 0 Å². The second kappa shape index (κ2) is 4.74. The van der Waals surface area contributed by atoms with Crippen molar-refractivity contribution >= 4 is 23.7 Å². The minimum absolute atomic E-state index is 0. The van der Waals surface area contributed by atoms with Gasteiger partial charge in [-0.2, -0.15) is 0 Å². The van der Waals surface area contributed by atoms with Gasteiger partial charge in [-0.05, 0) is 23.9 Å². The highest BCUT2D eigenvalue weighted by Crippen LogP contribution is 2.26. The van der Waals surface area contributed by atoms with Crippen molar-refractivity contribution in [1.82, 2.24) is 0 Å². The number of thiophene rings is 1. The van der Waals surface area contributed by atoms with E-state index >= 15 is 0 Å². The number of nitrogens with two attached hydrogens (primary N) is 1. The van der Waals surface area contributed by atoms with Crippen LogP contribution in [0.5, 0.6) is 0 Å². The molecule has 2 N–H and O–H groups in total. The van der Waals surface area contributed by atoms with E-state index in [0.29, 0.717) is 4.88 Å². The van der Waals surface area contributed by atoms with Gasteiger partial charge in [0.15, 0.2) is 0 Å². The Labute approximate surface area is 80.0 Å². The Morgan fingerprint density at radius 1 is 1.50 bits per heavy atom. The zero-order chi connectivity index (χ0) is 8.43. The van der Waals surface area contributed by atoms with Gasteiger partial charge < -0.3 is 5.73 Å². The molecule has 0 aromatic carbocycles. The molecule has 0 fully saturated rings. The van der Waals surface area contributed by atoms with E-state index in [1.165, 1.54) is 11.3 Å². The number of hydrogen-bond acceptors (Lipinski definition) is 2. The SMILES string of the molecule is Cc1ccsc1[C@@H](N)C(F)F.Cl. The normalized spacial score (nSPS) is 12.8. The van der Waals surface area contributed by atoms with Gasteiger partial charge in [-0.1, -0.05) is 0 Å². The Morgan fingerprint density at radius 2 is 2.08 bits per heavy atom. The number of alkyl halides is 2. The molecule has 1 heterocycles. The Bertz CT molecular complexity index is 239. The third-order valence-electron chi connectivity index (χ3n) is 1.48. The summed E-state index contributed by atoms with van der Waals surface area (Å²) in [6.45, 7) is 1.79. The second-order valence-electron chi connectivity index (χ2n) is 2.33. The van der Waals surface area contributed by atoms with Crippen molar-refractivity contribution in [3.05, 3.63) is 21.9 Å². The van der Waals surface area contributed by atoms with E-state index in [1.54, 1.807) is 18.4 Å². The minimum Gasteiger partial charge on any atom is -0.319 e. The van der Waals surface area contributed by atoms with Crippen molar-refractivity contribution in [1.29, 1.82) is 0 Å². The molecule has 0 aliphatic carbocycles. The van der Waals surface area contributed by atoms with E-state index < -0.39 is 12.5 Å². The first-order chi connectivity index (χ1) is 5.13. The molecule has 1 nitrogen and oxygen atoms in total. The zero-order valence-electron chi connectivity index (χ0n) is 6.46. The maximum atomic E-state index is 12.1. The lowest BCUT2D eigenvalue weighted by molar-refractivity contribution is 0.117. The fourth-order valence-corrected chi connectivity index (χ4v) is 1.77. The van der Waals surface area contributed by atoms with E-state index in [2.05, 4.69) is 0 Å². The molecule has 0 saturated carbocycles. The maximum absolute atomic E-state index is 12.1. The molecule has 1 atom stereocenters. The first kappa shape index (κ1) is 11.8. The van der Waals surface area contributed by atoms with Crippen molar-refractivity contribution < 1.29 is 8.78 Å². The van der Waals surface area contributed by atoms with E-state index in [-0.39, 0.29) is 12.4 Å². The monoisotopic (exact) mass is 213 g/mol. The molecule has 1 aromatic heterocycles. The van der Waals surface area contributed by atoms with E-state index in [4.69, 9.17) is 5.73 Å². The molecule has 12 heavy (non-hydrogen) atoms. The lowest BCUT2D eigenvalue weighted by Crippen LogP contribution is -2.18. The zero-order valence-corrected chi connectivity index (χ0v) is 8.09. The summed E-state index contributed by atoms with van der Waals surface area (Å²) >= 11 is 1.28. The topological polar surface area (TPSA) is 26.0 Å². The summed E-state index contributed by atoms with van der Waals surface area (Å²) in [4.78, 5) is 0.583. The van der Waals surface area contributed by atoms with Gasteiger partial charge in [-0.15, -0.1) is 23.7 Å². The molecule has 0 saturated heterocycles. The standard InChI is InChI=1S/C7H9F2NS.ClH/c1-4-2-3-11-6(4)5(10)7(8)9;/h2-3,5,7H,10H2,1H3;1H/t5-;/m1./s1. The molecule has 0 radical (unpaired) electrons. The van der Waals surface area contributed by atoms with Crippen LogP contribution < -0.4 is 5.73 Å². The molecule has 70 valence electrons. The molecule has 1 aromatic rings. The Balaban J connectivity index is 0.00000121. The van der Waals surface area contributed by atoms with Gasteiger partial charge in [0.1, 0.15) is 6.04 Å². The van der Waals surface area contributed by atoms with Crippen LogP contribution in [0.2, 0.25) is 0 Å². The van der Waals surface area contributed by atoms with Crippen LogP contribution in [0.25, 0.3) is 0 Å². The van der Waals surface area contributed by atoms with Crippen molar-refractivity contribution in [3.63, 3.8) is 0 Å². The third-order valence-corrected chi connectivity index (χ3v) is 2.60. The van der Waals surface area contributed by atoms with Gasteiger partial charge in [0, 0.05) is 4.88 Å². The average molecular weight is 214 g/mol. The first-order valence-corrected chi connectivity index (χ1v) is 4.08. The van der Waals surface area contributed by atoms with Crippen LogP contribution in [-0.4, -0.2) is 6.43 Å². The lowest BCUT2D eigenvalue weighted by atomic mass is 10.2. The Hall–Kier alpha value is -0.190. The van der Waals surface area contributed by atoms with Crippen LogP contribution in [0, 0.1) is 6.92 Å². The van der Waals surface area contributed by atoms with Crippen molar-refractivity contribution in [2.24, 2.45) is 5.73 Å². The summed E-state index contributed by atoms with van der Waals surface area (Å²) < 4.78 is 24.1. The molecular formula is C7H10ClF2NS. The van der Waals surface area contributed by atoms with Crippen LogP contribution in [0.15, 0.2) is 11.4 Å². The highest BCUT2D eigenvalue weighted by atomic mass is 35.5. The molecule has 0 bridgehead atoms. The van der Waals surface area contributed by atoms with Gasteiger partial charge in [-0.3, -0.25) is 0 Å². The number of halogens is 3. The van der Waals surface area contributed by atoms with Crippen molar-refractivity contribution in [2.75, 3.05) is 0 Å². The molecular weight excluding hydrogens is 204 g/mol. The van der Waals surface area contributed by atoms with Gasteiger partial charge >= 0.3 is 0 Å². The minimum atomic E-state index is -2.47. The second-order valence-corrected chi connectivity index (χ2v) is 3.28. The largest absolute Gasteiger partial charge is 0.319 e. The summed E-state index contributed by atoms with van der Waals surface area (Å²) in [7, 11) is 0. The maximum Gasteiger partial charge on any atom is 0.258 e. The quantitative estimate of drug-likeness (QED) is 0.803. The van der Waals surface area contributed by atoms with E-state index in [0.717, 1.165) is 5.56 Å². The lowest BCUT2D eigenvalue weighted by Gasteiger charge is -2.08. The predicted octanol–water partition coefficient (Wildman–Crippen LogP) is 2.74. The molecule has 0 aliphatic rings. The molecule has 1 rings (SSSR count). The third kappa shape index (κ3) is 2.40. The summed E-state index contributed by atoms with van der Waals surface area (Å²) in [5, 5.41) is 1.77. The van der Waals surface area contributed by atoms with Gasteiger partial charge in [-0.25, -0.2) is 8.78 Å². The van der Waals surface area contributed by atoms with E-state index in [9.17, 15) is 8.78 Å². The summed E-state index contributed by atoms with van der Waals surface area (Å²) in [5.74, 6) is 0. The summed E-state index contributed by atoms with van der Waals surface area (Å²) in [6.07, 6.45) is -2.47. The van der Waals surface area contributed by atoms with Gasteiger partial charge in [0.05, 0.1) is 0 Å². The first-order valence-electron chi connectivity index (χ1n) is 3.20. The average Bonchev–Trinajstić information content (AvgIpc) is 2.33. The Morgan fingerprint density at radius 3 is 2.42 bits per heavy atom. The molecule has 5 heteroatoms. The van der Waals surface area contributed by atoms with Crippen LogP contribution in [0.1, 0.15) is 16.5 Å². The molecule has 0 unspecified atom stereocenters. The number of rotatable bonds is 2. The van der Waals surface area contributed by atoms with Gasteiger partial charge in [0.2, 0.25) is 0 Å². The predicted molar refractivity (Wildman–Crippen MR) is 49.2 cm³/mol. The van der Waals surface area contributed by atoms with Crippen LogP contribution >= 0.6 is 23.7 Å². The molecule has 0 aliphatic heterocycles. The summed E-state index contributed by atoms with van der Waals surface area (Å²) in [5.41, 5.74) is 6.09. The fraction of sp³-hybridized carbons (Fsp3) is 0.429. The molecule has 0 amide bonds. The van der Waals surface area contributed by atoms with Crippen LogP contribution in [0.3, 0.4) is 0 Å². The van der Waals surface area contributed by atoms with Gasteiger partial charge in [0.25, 0.3) is 6.43 Å². The Kier molecular flexibility index (Phi) is 4.67. The number of aryl methyl sites for hydroxylation is 1. The van der Waals surface area contributed by atoms with Crippen molar-refractivity contribution in [2.45, 2.75) is 19.4 Å². The van der Waals surface area contributed by atoms with Crippen molar-refractivity contribution in [3.8, 4) is 0 Å². The summed E-state index contributed by atoms with van der Waals surface area (Å²) in [6, 6.07) is 0.678. The van der Waals surface area contributed by atoms with E-state index in [1.807, 2.05) is 0 Å². The molecule has 0 spiro atoms. The van der Waals surface area contributed by atoms with Crippen LogP contribution in [0.4, 0.5) is 8.78 Å².